The molecule has 1 rings (SSSR count). The molecule has 2 N–H and O–H groups in total. The first-order chi connectivity index (χ1) is 9.01. The number of aromatic amines is 1. The summed E-state index contributed by atoms with van der Waals surface area (Å²) in [6.45, 7) is 0. The van der Waals surface area contributed by atoms with Gasteiger partial charge in [0.15, 0.2) is 0 Å². The number of hydrogen-bond acceptors (Lipinski definition) is 5. The molecule has 0 aliphatic rings. The molecule has 0 aliphatic carbocycles. The largest absolute Gasteiger partial charge is 0.467 e. The Kier molecular flexibility index (Phi) is 5.68. The summed E-state index contributed by atoms with van der Waals surface area (Å²) in [4.78, 5) is 35.0. The Morgan fingerprint density at radius 1 is 1.58 bits per heavy atom. The van der Waals surface area contributed by atoms with Crippen molar-refractivity contribution in [2.24, 2.45) is 7.05 Å². The van der Waals surface area contributed by atoms with E-state index in [4.69, 9.17) is 0 Å². The van der Waals surface area contributed by atoms with Crippen molar-refractivity contribution in [2.45, 2.75) is 12.5 Å². The minimum atomic E-state index is -0.746. The minimum Gasteiger partial charge on any atom is -0.467 e. The van der Waals surface area contributed by atoms with Gasteiger partial charge in [-0.3, -0.25) is 14.3 Å². The normalized spacial score (nSPS) is 11.9. The predicted octanol–water partition coefficient (Wildman–Crippen LogP) is -0.262. The zero-order valence-corrected chi connectivity index (χ0v) is 11.9. The van der Waals surface area contributed by atoms with Gasteiger partial charge < -0.3 is 15.2 Å². The van der Waals surface area contributed by atoms with Crippen molar-refractivity contribution in [1.82, 2.24) is 15.1 Å². The number of nitrogens with one attached hydrogen (secondary N) is 2. The number of carbonyl (C=O) groups excluding carboxylic acids is 2. The Morgan fingerprint density at radius 3 is 2.74 bits per heavy atom. The second kappa shape index (κ2) is 7.03. The maximum atomic E-state index is 11.9. The summed E-state index contributed by atoms with van der Waals surface area (Å²) in [6.07, 6.45) is 3.66. The van der Waals surface area contributed by atoms with E-state index >= 15 is 0 Å². The van der Waals surface area contributed by atoms with E-state index in [2.05, 4.69) is 15.2 Å². The van der Waals surface area contributed by atoms with Gasteiger partial charge in [0.05, 0.1) is 7.11 Å². The van der Waals surface area contributed by atoms with Gasteiger partial charge in [-0.1, -0.05) is 0 Å². The zero-order chi connectivity index (χ0) is 14.4. The fraction of sp³-hybridized carbons (Fsp3) is 0.545. The summed E-state index contributed by atoms with van der Waals surface area (Å²) >= 11 is 1.56. The van der Waals surface area contributed by atoms with Crippen LogP contribution in [0.2, 0.25) is 0 Å². The van der Waals surface area contributed by atoms with Crippen molar-refractivity contribution in [2.75, 3.05) is 19.1 Å². The van der Waals surface area contributed by atoms with E-state index in [0.29, 0.717) is 12.2 Å². The molecule has 0 radical (unpaired) electrons. The molecular formula is C11H17N3O4S. The second-order valence-corrected chi connectivity index (χ2v) is 4.87. The number of rotatable bonds is 6. The fourth-order valence-corrected chi connectivity index (χ4v) is 1.96. The lowest BCUT2D eigenvalue weighted by molar-refractivity contribution is -0.142. The highest BCUT2D eigenvalue weighted by atomic mass is 32.2. The van der Waals surface area contributed by atoms with Crippen molar-refractivity contribution >= 4 is 23.6 Å². The van der Waals surface area contributed by atoms with Crippen molar-refractivity contribution in [3.63, 3.8) is 0 Å². The number of carbonyl (C=O) groups is 2. The predicted molar refractivity (Wildman–Crippen MR) is 72.3 cm³/mol. The van der Waals surface area contributed by atoms with Crippen LogP contribution in [0.15, 0.2) is 11.0 Å². The molecule has 0 aliphatic heterocycles. The number of aryl methyl sites for hydroxylation is 1. The minimum absolute atomic E-state index is 0.0273. The maximum absolute atomic E-state index is 11.9. The van der Waals surface area contributed by atoms with E-state index in [0.717, 1.165) is 0 Å². The summed E-state index contributed by atoms with van der Waals surface area (Å²) < 4.78 is 5.81. The highest BCUT2D eigenvalue weighted by Crippen LogP contribution is 2.03. The third-order valence-corrected chi connectivity index (χ3v) is 3.23. The van der Waals surface area contributed by atoms with E-state index in [9.17, 15) is 14.4 Å². The van der Waals surface area contributed by atoms with Crippen molar-refractivity contribution in [1.29, 1.82) is 0 Å². The van der Waals surface area contributed by atoms with Crippen LogP contribution in [0.5, 0.6) is 0 Å². The number of esters is 1. The molecule has 0 unspecified atom stereocenters. The third kappa shape index (κ3) is 3.88. The second-order valence-electron chi connectivity index (χ2n) is 3.88. The lowest BCUT2D eigenvalue weighted by atomic mass is 10.2. The summed E-state index contributed by atoms with van der Waals surface area (Å²) in [5, 5.41) is 5.11. The zero-order valence-electron chi connectivity index (χ0n) is 11.1. The van der Waals surface area contributed by atoms with Crippen LogP contribution in [0.4, 0.5) is 0 Å². The Balaban J connectivity index is 2.78. The number of ether oxygens (including phenoxy) is 1. The first kappa shape index (κ1) is 15.4. The van der Waals surface area contributed by atoms with Crippen LogP contribution < -0.4 is 10.9 Å². The standard InChI is InChI=1S/C11H17N3O4S/c1-14-10(16)7(6-12-14)9(15)13-8(4-5-19-3)11(17)18-2/h6,8,12H,4-5H2,1-3H3,(H,13,15)/t8-/m0/s1. The molecule has 7 nitrogen and oxygen atoms in total. The van der Waals surface area contributed by atoms with Crippen LogP contribution in [-0.2, 0) is 16.6 Å². The van der Waals surface area contributed by atoms with Gasteiger partial charge in [-0.15, -0.1) is 0 Å². The van der Waals surface area contributed by atoms with Crippen LogP contribution in [0.25, 0.3) is 0 Å². The Labute approximate surface area is 114 Å². The number of aromatic nitrogens is 2. The average Bonchev–Trinajstić information content (AvgIpc) is 2.74. The topological polar surface area (TPSA) is 93.2 Å². The number of nitrogens with zero attached hydrogens (tertiary/aromatic N) is 1. The summed E-state index contributed by atoms with van der Waals surface area (Å²) in [7, 11) is 2.76. The summed E-state index contributed by atoms with van der Waals surface area (Å²) in [5.41, 5.74) is -0.466. The first-order valence-corrected chi connectivity index (χ1v) is 7.02. The fourth-order valence-electron chi connectivity index (χ4n) is 1.49. The molecule has 1 amide bonds. The monoisotopic (exact) mass is 287 g/mol. The van der Waals surface area contributed by atoms with E-state index in [1.165, 1.54) is 25.0 Å². The van der Waals surface area contributed by atoms with Gasteiger partial charge in [-0.25, -0.2) is 4.79 Å². The summed E-state index contributed by atoms with van der Waals surface area (Å²) in [5.74, 6) is -0.404. The average molecular weight is 287 g/mol. The molecule has 8 heteroatoms. The quantitative estimate of drug-likeness (QED) is 0.703. The molecule has 0 saturated carbocycles. The highest BCUT2D eigenvalue weighted by molar-refractivity contribution is 7.98. The van der Waals surface area contributed by atoms with Crippen molar-refractivity contribution in [3.8, 4) is 0 Å². The van der Waals surface area contributed by atoms with Crippen molar-refractivity contribution in [3.05, 3.63) is 22.1 Å². The number of thioether (sulfide) groups is 1. The van der Waals surface area contributed by atoms with Gasteiger partial charge in [0, 0.05) is 13.2 Å². The van der Waals surface area contributed by atoms with E-state index in [-0.39, 0.29) is 5.56 Å². The van der Waals surface area contributed by atoms with Crippen LogP contribution in [0.1, 0.15) is 16.8 Å². The number of H-pyrrole nitrogens is 1. The molecule has 0 fully saturated rings. The van der Waals surface area contributed by atoms with Crippen LogP contribution in [0, 0.1) is 0 Å². The Morgan fingerprint density at radius 2 is 2.26 bits per heavy atom. The van der Waals surface area contributed by atoms with Crippen LogP contribution in [-0.4, -0.2) is 46.8 Å². The van der Waals surface area contributed by atoms with Gasteiger partial charge in [0.1, 0.15) is 11.6 Å². The molecular weight excluding hydrogens is 270 g/mol. The number of hydrogen-bond donors (Lipinski definition) is 2. The van der Waals surface area contributed by atoms with Gasteiger partial charge >= 0.3 is 5.97 Å². The smallest absolute Gasteiger partial charge is 0.328 e. The van der Waals surface area contributed by atoms with Crippen LogP contribution in [0.3, 0.4) is 0 Å². The third-order valence-electron chi connectivity index (χ3n) is 2.58. The molecule has 19 heavy (non-hydrogen) atoms. The molecule has 106 valence electrons. The van der Waals surface area contributed by atoms with Gasteiger partial charge in [0.25, 0.3) is 11.5 Å². The molecule has 0 aromatic carbocycles. The van der Waals surface area contributed by atoms with E-state index in [1.807, 2.05) is 6.26 Å². The molecule has 1 heterocycles. The molecule has 0 bridgehead atoms. The van der Waals surface area contributed by atoms with Gasteiger partial charge in [-0.2, -0.15) is 11.8 Å². The van der Waals surface area contributed by atoms with E-state index < -0.39 is 23.5 Å². The first-order valence-electron chi connectivity index (χ1n) is 5.63. The Bertz CT molecular complexity index is 508. The number of amides is 1. The SMILES string of the molecule is COC(=O)[C@H](CCSC)NC(=O)c1c[nH]n(C)c1=O. The molecule has 1 aromatic heterocycles. The van der Waals surface area contributed by atoms with E-state index in [1.54, 1.807) is 11.8 Å². The number of methoxy groups -OCH3 is 1. The van der Waals surface area contributed by atoms with Gasteiger partial charge in [0.2, 0.25) is 0 Å². The molecule has 0 spiro atoms. The maximum Gasteiger partial charge on any atom is 0.328 e. The lowest BCUT2D eigenvalue weighted by Crippen LogP contribution is -2.43. The Hall–Kier alpha value is -1.70. The lowest BCUT2D eigenvalue weighted by Gasteiger charge is -2.15. The van der Waals surface area contributed by atoms with Crippen molar-refractivity contribution < 1.29 is 14.3 Å². The molecule has 1 aromatic rings. The molecule has 0 saturated heterocycles. The summed E-state index contributed by atoms with van der Waals surface area (Å²) in [6, 6.07) is -0.746. The molecule has 1 atom stereocenters. The van der Waals surface area contributed by atoms with Gasteiger partial charge in [-0.05, 0) is 18.4 Å². The van der Waals surface area contributed by atoms with Crippen LogP contribution >= 0.6 is 11.8 Å². The highest BCUT2D eigenvalue weighted by Gasteiger charge is 2.23.